The van der Waals surface area contributed by atoms with Crippen LogP contribution in [0.2, 0.25) is 0 Å². The number of hydrogen-bond acceptors (Lipinski definition) is 8. The van der Waals surface area contributed by atoms with Crippen LogP contribution in [0.25, 0.3) is 0 Å². The second-order valence-electron chi connectivity index (χ2n) is 5.19. The summed E-state index contributed by atoms with van der Waals surface area (Å²) in [5.74, 6) is 3.14. The molecule has 0 bridgehead atoms. The van der Waals surface area contributed by atoms with Gasteiger partial charge in [0.25, 0.3) is 0 Å². The van der Waals surface area contributed by atoms with Crippen molar-refractivity contribution in [3.05, 3.63) is 35.9 Å². The maximum atomic E-state index is 5.30. The molecule has 3 heterocycles. The fraction of sp³-hybridized carbons (Fsp3) is 0.462. The quantitative estimate of drug-likeness (QED) is 0.611. The second-order valence-corrected chi connectivity index (χ2v) is 6.13. The van der Waals surface area contributed by atoms with Gasteiger partial charge in [-0.3, -0.25) is 0 Å². The average molecular weight is 320 g/mol. The largest absolute Gasteiger partial charge is 0.467 e. The van der Waals surface area contributed by atoms with Gasteiger partial charge >= 0.3 is 0 Å². The van der Waals surface area contributed by atoms with Crippen molar-refractivity contribution >= 4 is 11.8 Å². The fourth-order valence-corrected chi connectivity index (χ4v) is 2.59. The number of tetrazole rings is 1. The molecular formula is C13H16N6O2S. The SMILES string of the molecule is CC(C)Cc1noc(CSc2nnnn2Cc2ccco2)n1. The van der Waals surface area contributed by atoms with Crippen LogP contribution in [0.4, 0.5) is 0 Å². The molecule has 0 unspecified atom stereocenters. The Kier molecular flexibility index (Phi) is 4.52. The lowest BCUT2D eigenvalue weighted by Gasteiger charge is -2.00. The Morgan fingerprint density at radius 3 is 3.05 bits per heavy atom. The van der Waals surface area contributed by atoms with E-state index < -0.39 is 0 Å². The van der Waals surface area contributed by atoms with Crippen LogP contribution < -0.4 is 0 Å². The molecule has 0 saturated carbocycles. The number of furan rings is 1. The normalized spacial score (nSPS) is 11.4. The highest BCUT2D eigenvalue weighted by molar-refractivity contribution is 7.98. The van der Waals surface area contributed by atoms with Gasteiger partial charge in [0.1, 0.15) is 12.3 Å². The van der Waals surface area contributed by atoms with E-state index in [1.807, 2.05) is 12.1 Å². The zero-order valence-corrected chi connectivity index (χ0v) is 13.2. The van der Waals surface area contributed by atoms with Crippen molar-refractivity contribution in [3.63, 3.8) is 0 Å². The van der Waals surface area contributed by atoms with Gasteiger partial charge in [-0.25, -0.2) is 4.68 Å². The van der Waals surface area contributed by atoms with Crippen LogP contribution in [0.15, 0.2) is 32.5 Å². The first kappa shape index (κ1) is 14.8. The van der Waals surface area contributed by atoms with Crippen LogP contribution in [0.5, 0.6) is 0 Å². The van der Waals surface area contributed by atoms with Crippen LogP contribution in [0.3, 0.4) is 0 Å². The van der Waals surface area contributed by atoms with Crippen molar-refractivity contribution in [2.75, 3.05) is 0 Å². The zero-order chi connectivity index (χ0) is 15.4. The summed E-state index contributed by atoms with van der Waals surface area (Å²) in [4.78, 5) is 4.36. The lowest BCUT2D eigenvalue weighted by molar-refractivity contribution is 0.382. The summed E-state index contributed by atoms with van der Waals surface area (Å²) in [7, 11) is 0. The summed E-state index contributed by atoms with van der Waals surface area (Å²) in [5.41, 5.74) is 0. The highest BCUT2D eigenvalue weighted by atomic mass is 32.2. The highest BCUT2D eigenvalue weighted by Gasteiger charge is 2.13. The molecule has 0 atom stereocenters. The smallest absolute Gasteiger partial charge is 0.237 e. The first-order chi connectivity index (χ1) is 10.7. The van der Waals surface area contributed by atoms with Gasteiger partial charge in [-0.2, -0.15) is 4.98 Å². The van der Waals surface area contributed by atoms with Crippen molar-refractivity contribution < 1.29 is 8.94 Å². The van der Waals surface area contributed by atoms with E-state index in [-0.39, 0.29) is 0 Å². The summed E-state index contributed by atoms with van der Waals surface area (Å²) in [6.45, 7) is 4.73. The third kappa shape index (κ3) is 3.73. The van der Waals surface area contributed by atoms with E-state index >= 15 is 0 Å². The van der Waals surface area contributed by atoms with Gasteiger partial charge in [-0.1, -0.05) is 30.8 Å². The molecule has 0 aliphatic rings. The Morgan fingerprint density at radius 1 is 1.36 bits per heavy atom. The predicted molar refractivity (Wildman–Crippen MR) is 78.0 cm³/mol. The monoisotopic (exact) mass is 320 g/mol. The van der Waals surface area contributed by atoms with Crippen LogP contribution >= 0.6 is 11.8 Å². The van der Waals surface area contributed by atoms with Crippen LogP contribution in [0.1, 0.15) is 31.3 Å². The molecule has 0 aromatic carbocycles. The van der Waals surface area contributed by atoms with Gasteiger partial charge in [0, 0.05) is 6.42 Å². The fourth-order valence-electron chi connectivity index (χ4n) is 1.87. The summed E-state index contributed by atoms with van der Waals surface area (Å²) in [6, 6.07) is 3.72. The molecule has 0 radical (unpaired) electrons. The highest BCUT2D eigenvalue weighted by Crippen LogP contribution is 2.20. The molecule has 3 aromatic heterocycles. The minimum absolute atomic E-state index is 0.491. The molecule has 8 nitrogen and oxygen atoms in total. The van der Waals surface area contributed by atoms with Gasteiger partial charge < -0.3 is 8.94 Å². The Morgan fingerprint density at radius 2 is 2.27 bits per heavy atom. The molecule has 0 saturated heterocycles. The third-order valence-corrected chi connectivity index (χ3v) is 3.75. The lowest BCUT2D eigenvalue weighted by Crippen LogP contribution is -2.03. The maximum Gasteiger partial charge on any atom is 0.237 e. The number of thioether (sulfide) groups is 1. The van der Waals surface area contributed by atoms with Gasteiger partial charge in [-0.05, 0) is 28.5 Å². The van der Waals surface area contributed by atoms with Gasteiger partial charge in [0.05, 0.1) is 12.0 Å². The molecule has 3 aromatic rings. The summed E-state index contributed by atoms with van der Waals surface area (Å²) < 4.78 is 12.2. The Hall–Kier alpha value is -2.16. The molecule has 0 fully saturated rings. The van der Waals surface area contributed by atoms with E-state index in [9.17, 15) is 0 Å². The third-order valence-electron chi connectivity index (χ3n) is 2.81. The first-order valence-electron chi connectivity index (χ1n) is 6.93. The van der Waals surface area contributed by atoms with E-state index in [4.69, 9.17) is 8.94 Å². The minimum Gasteiger partial charge on any atom is -0.467 e. The lowest BCUT2D eigenvalue weighted by atomic mass is 10.1. The van der Waals surface area contributed by atoms with Gasteiger partial charge in [0.15, 0.2) is 5.82 Å². The molecular weight excluding hydrogens is 304 g/mol. The van der Waals surface area contributed by atoms with E-state index in [2.05, 4.69) is 39.5 Å². The second kappa shape index (κ2) is 6.73. The maximum absolute atomic E-state index is 5.30. The molecule has 0 aliphatic heterocycles. The van der Waals surface area contributed by atoms with Crippen molar-refractivity contribution in [2.45, 2.75) is 37.7 Å². The first-order valence-corrected chi connectivity index (χ1v) is 7.92. The van der Waals surface area contributed by atoms with E-state index in [0.717, 1.165) is 18.0 Å². The van der Waals surface area contributed by atoms with Crippen molar-refractivity contribution in [1.29, 1.82) is 0 Å². The van der Waals surface area contributed by atoms with E-state index in [1.54, 1.807) is 10.9 Å². The van der Waals surface area contributed by atoms with Crippen molar-refractivity contribution in [2.24, 2.45) is 5.92 Å². The topological polar surface area (TPSA) is 95.7 Å². The molecule has 0 N–H and O–H groups in total. The molecule has 0 aliphatic carbocycles. The zero-order valence-electron chi connectivity index (χ0n) is 12.3. The van der Waals surface area contributed by atoms with Crippen LogP contribution in [0, 0.1) is 5.92 Å². The van der Waals surface area contributed by atoms with Gasteiger partial charge in [0.2, 0.25) is 11.0 Å². The number of aromatic nitrogens is 6. The summed E-state index contributed by atoms with van der Waals surface area (Å²) in [6.07, 6.45) is 2.44. The number of rotatable bonds is 7. The Bertz CT molecular complexity index is 706. The van der Waals surface area contributed by atoms with Crippen LogP contribution in [-0.2, 0) is 18.7 Å². The summed E-state index contributed by atoms with van der Waals surface area (Å²) in [5, 5.41) is 16.3. The minimum atomic E-state index is 0.491. The predicted octanol–water partition coefficient (Wildman–Crippen LogP) is 2.19. The number of nitrogens with zero attached hydrogens (tertiary/aromatic N) is 6. The molecule has 116 valence electrons. The molecule has 0 amide bonds. The Balaban J connectivity index is 1.60. The standard InChI is InChI=1S/C13H16N6O2S/c1-9(2)6-11-14-12(21-16-11)8-22-13-15-17-18-19(13)7-10-4-3-5-20-10/h3-5,9H,6-8H2,1-2H3. The van der Waals surface area contributed by atoms with E-state index in [0.29, 0.717) is 29.3 Å². The number of hydrogen-bond donors (Lipinski definition) is 0. The summed E-state index contributed by atoms with van der Waals surface area (Å²) >= 11 is 1.45. The molecule has 9 heteroatoms. The van der Waals surface area contributed by atoms with Crippen LogP contribution in [-0.4, -0.2) is 30.3 Å². The van der Waals surface area contributed by atoms with Crippen molar-refractivity contribution in [3.8, 4) is 0 Å². The Labute approximate surface area is 131 Å². The van der Waals surface area contributed by atoms with E-state index in [1.165, 1.54) is 11.8 Å². The molecule has 3 rings (SSSR count). The molecule has 22 heavy (non-hydrogen) atoms. The average Bonchev–Trinajstić information content (AvgIpc) is 3.19. The van der Waals surface area contributed by atoms with Gasteiger partial charge in [-0.15, -0.1) is 5.10 Å². The molecule has 0 spiro atoms. The van der Waals surface area contributed by atoms with Crippen molar-refractivity contribution in [1.82, 2.24) is 30.3 Å².